The number of nitrogens with zero attached hydrogens (tertiary/aromatic N) is 4. The van der Waals surface area contributed by atoms with Crippen LogP contribution in [0.4, 0.5) is 10.1 Å². The van der Waals surface area contributed by atoms with Crippen LogP contribution in [0.15, 0.2) is 55.1 Å². The van der Waals surface area contributed by atoms with Crippen molar-refractivity contribution >= 4 is 5.69 Å². The minimum Gasteiger partial charge on any atom is -0.265 e. The smallest absolute Gasteiger partial charge is 0.192 e. The summed E-state index contributed by atoms with van der Waals surface area (Å²) in [5.74, 6) is 5.50. The first-order valence-corrected chi connectivity index (χ1v) is 6.40. The molecule has 4 nitrogen and oxygen atoms in total. The van der Waals surface area contributed by atoms with Crippen molar-refractivity contribution in [1.29, 1.82) is 0 Å². The van der Waals surface area contributed by atoms with Gasteiger partial charge in [0, 0.05) is 24.2 Å². The highest BCUT2D eigenvalue weighted by molar-refractivity contribution is 5.52. The average Bonchev–Trinajstić information content (AvgIpc) is 3.02. The summed E-state index contributed by atoms with van der Waals surface area (Å²) in [6, 6.07) is 7.70. The summed E-state index contributed by atoms with van der Waals surface area (Å²) in [6.45, 7) is 6.97. The van der Waals surface area contributed by atoms with Gasteiger partial charge in [-0.1, -0.05) is 11.8 Å². The number of hydrogen-bond acceptors (Lipinski definition) is 2. The summed E-state index contributed by atoms with van der Waals surface area (Å²) in [4.78, 5) is 7.16. The number of pyridine rings is 1. The van der Waals surface area contributed by atoms with Crippen molar-refractivity contribution in [2.75, 3.05) is 0 Å². The van der Waals surface area contributed by atoms with Crippen LogP contribution in [0, 0.1) is 24.2 Å². The Morgan fingerprint density at radius 3 is 2.64 bits per heavy atom. The molecule has 3 aromatic rings. The van der Waals surface area contributed by atoms with Crippen LogP contribution in [0.3, 0.4) is 0 Å². The number of rotatable bonds is 1. The van der Waals surface area contributed by atoms with Crippen molar-refractivity contribution in [3.63, 3.8) is 0 Å². The molecule has 0 N–H and O–H groups in total. The van der Waals surface area contributed by atoms with E-state index in [1.165, 1.54) is 16.8 Å². The van der Waals surface area contributed by atoms with Crippen LogP contribution < -0.4 is 0 Å². The first-order valence-electron chi connectivity index (χ1n) is 6.40. The fourth-order valence-corrected chi connectivity index (χ4v) is 1.86. The maximum Gasteiger partial charge on any atom is 0.192 e. The summed E-state index contributed by atoms with van der Waals surface area (Å²) in [5, 5.41) is 4.15. The molecule has 0 saturated carbocycles. The molecular weight excluding hydrogens is 279 g/mol. The lowest BCUT2D eigenvalue weighted by Gasteiger charge is -2.01. The van der Waals surface area contributed by atoms with E-state index < -0.39 is 5.82 Å². The van der Waals surface area contributed by atoms with Gasteiger partial charge in [-0.15, -0.1) is 0 Å². The van der Waals surface area contributed by atoms with E-state index in [9.17, 15) is 4.39 Å². The van der Waals surface area contributed by atoms with E-state index in [1.54, 1.807) is 30.9 Å². The zero-order valence-corrected chi connectivity index (χ0v) is 11.4. The van der Waals surface area contributed by atoms with Gasteiger partial charge in [-0.2, -0.15) is 5.10 Å². The summed E-state index contributed by atoms with van der Waals surface area (Å²) in [5.41, 5.74) is 2.27. The van der Waals surface area contributed by atoms with E-state index in [0.717, 1.165) is 5.56 Å². The quantitative estimate of drug-likeness (QED) is 0.508. The number of halogens is 1. The molecular formula is C17H9FN4. The Labute approximate surface area is 126 Å². The zero-order chi connectivity index (χ0) is 15.4. The topological polar surface area (TPSA) is 35.1 Å². The molecule has 2 aromatic heterocycles. The second kappa shape index (κ2) is 5.90. The van der Waals surface area contributed by atoms with Crippen LogP contribution in [0.1, 0.15) is 11.1 Å². The normalized spacial score (nSPS) is 9.64. The summed E-state index contributed by atoms with van der Waals surface area (Å²) in [6.07, 6.45) is 6.63. The number of benzene rings is 1. The molecule has 0 fully saturated rings. The van der Waals surface area contributed by atoms with Gasteiger partial charge in [0.1, 0.15) is 5.82 Å². The van der Waals surface area contributed by atoms with E-state index in [-0.39, 0.29) is 5.69 Å². The highest BCUT2D eigenvalue weighted by Crippen LogP contribution is 2.19. The zero-order valence-electron chi connectivity index (χ0n) is 11.4. The van der Waals surface area contributed by atoms with E-state index in [2.05, 4.69) is 26.8 Å². The van der Waals surface area contributed by atoms with Gasteiger partial charge in [-0.25, -0.2) is 13.9 Å². The number of aromatic nitrogens is 3. The molecule has 0 amide bonds. The minimum absolute atomic E-state index is 0.231. The van der Waals surface area contributed by atoms with Crippen LogP contribution in [0.2, 0.25) is 0 Å². The fraction of sp³-hybridized carbons (Fsp3) is 0. The fourth-order valence-electron chi connectivity index (χ4n) is 1.86. The summed E-state index contributed by atoms with van der Waals surface area (Å²) >= 11 is 0. The molecule has 1 aromatic carbocycles. The van der Waals surface area contributed by atoms with Gasteiger partial charge in [0.05, 0.1) is 24.0 Å². The highest BCUT2D eigenvalue weighted by Gasteiger charge is 2.04. The van der Waals surface area contributed by atoms with Crippen molar-refractivity contribution in [3.05, 3.63) is 83.5 Å². The predicted molar refractivity (Wildman–Crippen MR) is 80.0 cm³/mol. The SMILES string of the molecule is [C-]#[N+]c1cc(F)cc(-n2cc(C#Cc3ccncc3)cn2)c1. The van der Waals surface area contributed by atoms with Gasteiger partial charge >= 0.3 is 0 Å². The molecule has 2 heterocycles. The van der Waals surface area contributed by atoms with E-state index in [0.29, 0.717) is 11.3 Å². The predicted octanol–water partition coefficient (Wildman–Crippen LogP) is 3.36. The standard InChI is InChI=1S/C17H9FN4/c1-19-16-8-15(18)9-17(10-16)22-12-14(11-21-22)3-2-13-4-6-20-7-5-13/h4-12H. The van der Waals surface area contributed by atoms with Crippen molar-refractivity contribution in [3.8, 4) is 17.5 Å². The molecule has 104 valence electrons. The Hall–Kier alpha value is -3.44. The highest BCUT2D eigenvalue weighted by atomic mass is 19.1. The summed E-state index contributed by atoms with van der Waals surface area (Å²) < 4.78 is 15.0. The molecule has 5 heteroatoms. The van der Waals surface area contributed by atoms with Gasteiger partial charge in [0.25, 0.3) is 0 Å². The first-order chi connectivity index (χ1) is 10.7. The van der Waals surface area contributed by atoms with Crippen LogP contribution in [-0.2, 0) is 0 Å². The van der Waals surface area contributed by atoms with Crippen molar-refractivity contribution in [1.82, 2.24) is 14.8 Å². The minimum atomic E-state index is -0.469. The van der Waals surface area contributed by atoms with Crippen molar-refractivity contribution < 1.29 is 4.39 Å². The second-order valence-corrected chi connectivity index (χ2v) is 4.44. The maximum atomic E-state index is 13.5. The molecule has 0 saturated heterocycles. The van der Waals surface area contributed by atoms with Crippen molar-refractivity contribution in [2.45, 2.75) is 0 Å². The molecule has 0 aliphatic carbocycles. The Morgan fingerprint density at radius 1 is 1.09 bits per heavy atom. The van der Waals surface area contributed by atoms with Crippen LogP contribution >= 0.6 is 0 Å². The lowest BCUT2D eigenvalue weighted by atomic mass is 10.2. The molecule has 0 bridgehead atoms. The van der Waals surface area contributed by atoms with Gasteiger partial charge < -0.3 is 0 Å². The molecule has 3 rings (SSSR count). The average molecular weight is 288 g/mol. The third kappa shape index (κ3) is 3.00. The van der Waals surface area contributed by atoms with Crippen LogP contribution in [0.5, 0.6) is 0 Å². The van der Waals surface area contributed by atoms with Crippen LogP contribution in [0.25, 0.3) is 10.5 Å². The Balaban J connectivity index is 1.90. The summed E-state index contributed by atoms with van der Waals surface area (Å²) in [7, 11) is 0. The maximum absolute atomic E-state index is 13.5. The lowest BCUT2D eigenvalue weighted by molar-refractivity contribution is 0.626. The molecule has 0 unspecified atom stereocenters. The Kier molecular flexibility index (Phi) is 3.63. The van der Waals surface area contributed by atoms with E-state index in [4.69, 9.17) is 6.57 Å². The Bertz CT molecular complexity index is 911. The monoisotopic (exact) mass is 288 g/mol. The van der Waals surface area contributed by atoms with Crippen LogP contribution in [-0.4, -0.2) is 14.8 Å². The van der Waals surface area contributed by atoms with Gasteiger partial charge in [0.15, 0.2) is 5.69 Å². The van der Waals surface area contributed by atoms with Gasteiger partial charge in [0.2, 0.25) is 0 Å². The lowest BCUT2D eigenvalue weighted by Crippen LogP contribution is -1.94. The van der Waals surface area contributed by atoms with E-state index >= 15 is 0 Å². The molecule has 0 atom stereocenters. The molecule has 0 aliphatic heterocycles. The second-order valence-electron chi connectivity index (χ2n) is 4.44. The Morgan fingerprint density at radius 2 is 1.86 bits per heavy atom. The van der Waals surface area contributed by atoms with Gasteiger partial charge in [-0.05, 0) is 30.3 Å². The van der Waals surface area contributed by atoms with Gasteiger partial charge in [-0.3, -0.25) is 4.98 Å². The molecule has 0 radical (unpaired) electrons. The van der Waals surface area contributed by atoms with E-state index in [1.807, 2.05) is 12.1 Å². The molecule has 22 heavy (non-hydrogen) atoms. The third-order valence-corrected chi connectivity index (χ3v) is 2.88. The molecule has 0 spiro atoms. The van der Waals surface area contributed by atoms with Crippen molar-refractivity contribution in [2.24, 2.45) is 0 Å². The number of hydrogen-bond donors (Lipinski definition) is 0. The first kappa shape index (κ1) is 13.5. The largest absolute Gasteiger partial charge is 0.265 e. The molecule has 0 aliphatic rings. The third-order valence-electron chi connectivity index (χ3n) is 2.88.